The van der Waals surface area contributed by atoms with E-state index in [0.29, 0.717) is 49.7 Å². The second-order valence-corrected chi connectivity index (χ2v) is 10.3. The van der Waals surface area contributed by atoms with Gasteiger partial charge in [-0.1, -0.05) is 55.8 Å². The van der Waals surface area contributed by atoms with E-state index in [1.807, 2.05) is 26.0 Å². The maximum absolute atomic E-state index is 15.0. The number of benzene rings is 3. The average Bonchev–Trinajstić information content (AvgIpc) is 2.99. The molecular formula is C34H34F6O2. The molecule has 0 saturated carbocycles. The summed E-state index contributed by atoms with van der Waals surface area (Å²) >= 11 is 0. The summed E-state index contributed by atoms with van der Waals surface area (Å²) in [5.41, 5.74) is 0.304. The molecule has 1 aliphatic rings. The van der Waals surface area contributed by atoms with Crippen molar-refractivity contribution in [2.45, 2.75) is 71.5 Å². The Morgan fingerprint density at radius 1 is 0.786 bits per heavy atom. The van der Waals surface area contributed by atoms with Crippen LogP contribution in [-0.4, -0.2) is 12.7 Å². The third-order valence-electron chi connectivity index (χ3n) is 7.42. The van der Waals surface area contributed by atoms with Crippen LogP contribution in [-0.2, 0) is 17.8 Å². The number of ether oxygens (including phenoxy) is 2. The Hall–Kier alpha value is -3.52. The molecule has 4 rings (SSSR count). The zero-order valence-corrected chi connectivity index (χ0v) is 23.7. The summed E-state index contributed by atoms with van der Waals surface area (Å²) in [6.07, 6.45) is 9.00. The van der Waals surface area contributed by atoms with Gasteiger partial charge in [0.15, 0.2) is 34.8 Å². The summed E-state index contributed by atoms with van der Waals surface area (Å²) in [7, 11) is 0. The predicted octanol–water partition coefficient (Wildman–Crippen LogP) is 10.0. The topological polar surface area (TPSA) is 18.5 Å². The minimum absolute atomic E-state index is 0.0759. The van der Waals surface area contributed by atoms with Gasteiger partial charge >= 0.3 is 0 Å². The second kappa shape index (κ2) is 14.6. The molecule has 0 heterocycles. The van der Waals surface area contributed by atoms with Crippen LogP contribution in [0.2, 0.25) is 0 Å². The smallest absolute Gasteiger partial charge is 0.201 e. The van der Waals surface area contributed by atoms with Gasteiger partial charge in [-0.25, -0.2) is 22.0 Å². The van der Waals surface area contributed by atoms with Crippen LogP contribution in [0.4, 0.5) is 26.3 Å². The lowest BCUT2D eigenvalue weighted by Gasteiger charge is -2.23. The highest BCUT2D eigenvalue weighted by atomic mass is 19.2. The molecule has 3 aromatic rings. The Bertz CT molecular complexity index is 1460. The van der Waals surface area contributed by atoms with E-state index in [2.05, 4.69) is 0 Å². The maximum atomic E-state index is 15.0. The lowest BCUT2D eigenvalue weighted by Crippen LogP contribution is -2.16. The molecule has 0 aliphatic heterocycles. The summed E-state index contributed by atoms with van der Waals surface area (Å²) < 4.78 is 99.5. The summed E-state index contributed by atoms with van der Waals surface area (Å²) in [6, 6.07) is 8.02. The highest BCUT2D eigenvalue weighted by molar-refractivity contribution is 5.68. The predicted molar refractivity (Wildman–Crippen MR) is 152 cm³/mol. The third-order valence-corrected chi connectivity index (χ3v) is 7.42. The fourth-order valence-electron chi connectivity index (χ4n) is 4.94. The van der Waals surface area contributed by atoms with Crippen molar-refractivity contribution in [1.82, 2.24) is 0 Å². The van der Waals surface area contributed by atoms with Gasteiger partial charge < -0.3 is 9.47 Å². The zero-order chi connectivity index (χ0) is 30.2. The largest absolute Gasteiger partial charge is 0.490 e. The van der Waals surface area contributed by atoms with Crippen molar-refractivity contribution < 1.29 is 35.8 Å². The van der Waals surface area contributed by atoms with Crippen LogP contribution in [0.1, 0.15) is 69.1 Å². The molecule has 1 aliphatic carbocycles. The number of hydrogen-bond donors (Lipinski definition) is 0. The SMILES string of the molecule is CC=CCCc1ccc(C2=CCC(OCc3ccc(-c4ccc(OCCCC)c(F)c4F)c(F)c3F)CC2)c(F)c1F. The van der Waals surface area contributed by atoms with E-state index in [0.717, 1.165) is 12.5 Å². The Labute approximate surface area is 242 Å². The molecule has 42 heavy (non-hydrogen) atoms. The minimum Gasteiger partial charge on any atom is -0.490 e. The Morgan fingerprint density at radius 3 is 2.12 bits per heavy atom. The Morgan fingerprint density at radius 2 is 1.43 bits per heavy atom. The molecule has 0 fully saturated rings. The van der Waals surface area contributed by atoms with Crippen LogP contribution in [0.3, 0.4) is 0 Å². The van der Waals surface area contributed by atoms with E-state index in [-0.39, 0.29) is 36.2 Å². The van der Waals surface area contributed by atoms with E-state index in [4.69, 9.17) is 9.47 Å². The van der Waals surface area contributed by atoms with Gasteiger partial charge in [0.05, 0.1) is 19.3 Å². The van der Waals surface area contributed by atoms with Gasteiger partial charge in [0.2, 0.25) is 5.82 Å². The van der Waals surface area contributed by atoms with Crippen LogP contribution in [0.5, 0.6) is 5.75 Å². The first kappa shape index (κ1) is 31.4. The van der Waals surface area contributed by atoms with Gasteiger partial charge in [0.1, 0.15) is 0 Å². The summed E-state index contributed by atoms with van der Waals surface area (Å²) in [4.78, 5) is 0. The lowest BCUT2D eigenvalue weighted by molar-refractivity contribution is 0.0342. The third kappa shape index (κ3) is 7.09. The van der Waals surface area contributed by atoms with E-state index in [9.17, 15) is 26.3 Å². The highest BCUT2D eigenvalue weighted by Gasteiger charge is 2.24. The maximum Gasteiger partial charge on any atom is 0.201 e. The van der Waals surface area contributed by atoms with Crippen LogP contribution in [0.25, 0.3) is 16.7 Å². The van der Waals surface area contributed by atoms with E-state index in [1.165, 1.54) is 18.2 Å². The first-order valence-corrected chi connectivity index (χ1v) is 14.2. The zero-order valence-electron chi connectivity index (χ0n) is 23.7. The number of aryl methyl sites for hydroxylation is 1. The first-order valence-electron chi connectivity index (χ1n) is 14.2. The van der Waals surface area contributed by atoms with Crippen molar-refractivity contribution in [3.8, 4) is 16.9 Å². The van der Waals surface area contributed by atoms with Crippen LogP contribution >= 0.6 is 0 Å². The van der Waals surface area contributed by atoms with E-state index in [1.54, 1.807) is 18.2 Å². The monoisotopic (exact) mass is 588 g/mol. The summed E-state index contributed by atoms with van der Waals surface area (Å²) in [5, 5.41) is 0. The lowest BCUT2D eigenvalue weighted by atomic mass is 9.90. The number of halogens is 6. The quantitative estimate of drug-likeness (QED) is 0.119. The van der Waals surface area contributed by atoms with E-state index >= 15 is 0 Å². The van der Waals surface area contributed by atoms with Crippen molar-refractivity contribution in [3.63, 3.8) is 0 Å². The second-order valence-electron chi connectivity index (χ2n) is 10.3. The molecule has 0 bridgehead atoms. The summed E-state index contributed by atoms with van der Waals surface area (Å²) in [5.74, 6) is -7.10. The Kier molecular flexibility index (Phi) is 10.9. The average molecular weight is 589 g/mol. The van der Waals surface area contributed by atoms with Gasteiger partial charge in [0, 0.05) is 22.3 Å². The molecule has 0 spiro atoms. The summed E-state index contributed by atoms with van der Waals surface area (Å²) in [6.45, 7) is 3.76. The van der Waals surface area contributed by atoms with Crippen LogP contribution < -0.4 is 4.74 Å². The van der Waals surface area contributed by atoms with Gasteiger partial charge in [-0.3, -0.25) is 0 Å². The number of allylic oxidation sites excluding steroid dienone is 3. The number of rotatable bonds is 12. The molecule has 0 radical (unpaired) electrons. The van der Waals surface area contributed by atoms with Gasteiger partial charge in [0.25, 0.3) is 0 Å². The fraction of sp³-hybridized carbons (Fsp3) is 0.353. The van der Waals surface area contributed by atoms with Gasteiger partial charge in [-0.15, -0.1) is 0 Å². The van der Waals surface area contributed by atoms with Crippen molar-refractivity contribution in [2.75, 3.05) is 6.61 Å². The van der Waals surface area contributed by atoms with Crippen LogP contribution in [0, 0.1) is 34.9 Å². The number of hydrogen-bond acceptors (Lipinski definition) is 2. The van der Waals surface area contributed by atoms with Gasteiger partial charge in [-0.2, -0.15) is 4.39 Å². The van der Waals surface area contributed by atoms with Crippen molar-refractivity contribution in [2.24, 2.45) is 0 Å². The van der Waals surface area contributed by atoms with Crippen LogP contribution in [0.15, 0.2) is 54.6 Å². The van der Waals surface area contributed by atoms with Crippen molar-refractivity contribution >= 4 is 5.57 Å². The molecule has 0 saturated heterocycles. The molecular weight excluding hydrogens is 554 g/mol. The molecule has 1 unspecified atom stereocenters. The molecule has 2 nitrogen and oxygen atoms in total. The molecule has 3 aromatic carbocycles. The standard InChI is InChI=1S/C34H34F6O2/c1-3-5-7-8-22-11-15-25(31(37)29(22)35)21-9-13-24(14-10-21)42-20-23-12-16-26(32(38)30(23)36)27-17-18-28(34(40)33(27)39)41-19-6-4-2/h3,5,9,11-12,15-18,24H,4,6-8,10,13-14,19-20H2,1-2H3. The van der Waals surface area contributed by atoms with E-state index < -0.39 is 46.0 Å². The normalized spacial score (nSPS) is 15.3. The fourth-order valence-corrected chi connectivity index (χ4v) is 4.94. The molecule has 224 valence electrons. The van der Waals surface area contributed by atoms with Crippen molar-refractivity contribution in [1.29, 1.82) is 0 Å². The minimum atomic E-state index is -1.32. The first-order chi connectivity index (χ1) is 20.3. The molecule has 8 heteroatoms. The number of unbranched alkanes of at least 4 members (excludes halogenated alkanes) is 1. The molecule has 0 amide bonds. The Balaban J connectivity index is 1.40. The van der Waals surface area contributed by atoms with Gasteiger partial charge in [-0.05, 0) is 68.7 Å². The molecule has 0 N–H and O–H groups in total. The molecule has 0 aromatic heterocycles. The highest BCUT2D eigenvalue weighted by Crippen LogP contribution is 2.35. The van der Waals surface area contributed by atoms with Crippen molar-refractivity contribution in [3.05, 3.63) is 106 Å². The molecule has 1 atom stereocenters.